The molecule has 0 radical (unpaired) electrons. The molecular formula is C13H19FN2O4. The Bertz CT molecular complexity index is 559. The predicted molar refractivity (Wildman–Crippen MR) is 69.7 cm³/mol. The van der Waals surface area contributed by atoms with Crippen molar-refractivity contribution in [3.8, 4) is 0 Å². The number of halogens is 1. The number of ether oxygens (including phenoxy) is 1. The molecule has 1 aromatic heterocycles. The number of carbonyl (C=O) groups excluding carboxylic acids is 1. The lowest BCUT2D eigenvalue weighted by atomic mass is 10.0. The van der Waals surface area contributed by atoms with Crippen LogP contribution >= 0.6 is 0 Å². The van der Waals surface area contributed by atoms with Gasteiger partial charge in [0, 0.05) is 0 Å². The number of carbonyl (C=O) groups is 1. The van der Waals surface area contributed by atoms with E-state index in [2.05, 4.69) is 14.4 Å². The molecule has 0 amide bonds. The monoisotopic (exact) mass is 286 g/mol. The van der Waals surface area contributed by atoms with Crippen molar-refractivity contribution in [2.75, 3.05) is 7.11 Å². The second kappa shape index (κ2) is 7.02. The zero-order valence-corrected chi connectivity index (χ0v) is 12.1. The van der Waals surface area contributed by atoms with Gasteiger partial charge in [0.05, 0.1) is 19.6 Å². The van der Waals surface area contributed by atoms with Crippen molar-refractivity contribution in [3.05, 3.63) is 27.8 Å². The first kappa shape index (κ1) is 16.1. The van der Waals surface area contributed by atoms with Crippen LogP contribution in [0.5, 0.6) is 0 Å². The maximum Gasteiger partial charge on any atom is 0.441 e. The molecule has 0 bridgehead atoms. The zero-order valence-electron chi connectivity index (χ0n) is 12.1. The molecule has 0 saturated heterocycles. The fraction of sp³-hybridized carbons (Fsp3) is 0.615. The lowest BCUT2D eigenvalue weighted by molar-refractivity contribution is -0.145. The molecule has 6 nitrogen and oxygen atoms in total. The molecule has 112 valence electrons. The number of allylic oxidation sites excluding steroid dienone is 2. The fourth-order valence-corrected chi connectivity index (χ4v) is 1.68. The number of methoxy groups -OCH3 is 1. The average Bonchev–Trinajstić information content (AvgIpc) is 2.74. The summed E-state index contributed by atoms with van der Waals surface area (Å²) in [7, 11) is 1.32. The summed E-state index contributed by atoms with van der Waals surface area (Å²) in [5, 5.41) is 3.46. The number of esters is 1. The quantitative estimate of drug-likeness (QED) is 0.747. The molecule has 0 N–H and O–H groups in total. The summed E-state index contributed by atoms with van der Waals surface area (Å²) >= 11 is 0. The molecule has 0 aromatic carbocycles. The van der Waals surface area contributed by atoms with Crippen LogP contribution in [0.15, 0.2) is 20.7 Å². The molecule has 0 aliphatic rings. The minimum atomic E-state index is -0.687. The number of hydrogen-bond donors (Lipinski definition) is 0. The van der Waals surface area contributed by atoms with Gasteiger partial charge in [-0.05, 0) is 32.3 Å². The summed E-state index contributed by atoms with van der Waals surface area (Å²) in [6.45, 7) is 4.72. The lowest BCUT2D eigenvalue weighted by Crippen LogP contribution is -2.17. The Hall–Kier alpha value is -1.92. The molecule has 0 spiro atoms. The predicted octanol–water partition coefficient (Wildman–Crippen LogP) is 1.98. The van der Waals surface area contributed by atoms with Crippen molar-refractivity contribution < 1.29 is 18.4 Å². The highest BCUT2D eigenvalue weighted by Gasteiger charge is 2.15. The van der Waals surface area contributed by atoms with Gasteiger partial charge in [0.1, 0.15) is 5.83 Å². The van der Waals surface area contributed by atoms with E-state index in [1.54, 1.807) is 20.8 Å². The Kier molecular flexibility index (Phi) is 5.66. The van der Waals surface area contributed by atoms with Crippen LogP contribution in [-0.4, -0.2) is 22.8 Å². The third-order valence-corrected chi connectivity index (χ3v) is 3.18. The molecule has 0 fully saturated rings. The van der Waals surface area contributed by atoms with E-state index < -0.39 is 11.6 Å². The van der Waals surface area contributed by atoms with Gasteiger partial charge in [-0.3, -0.25) is 13.9 Å². The van der Waals surface area contributed by atoms with Crippen LogP contribution in [0.2, 0.25) is 0 Å². The van der Waals surface area contributed by atoms with Crippen LogP contribution in [0, 0.1) is 12.8 Å². The summed E-state index contributed by atoms with van der Waals surface area (Å²) in [5.74, 6) is -1.39. The molecule has 7 heteroatoms. The van der Waals surface area contributed by atoms with Crippen molar-refractivity contribution in [2.45, 2.75) is 40.2 Å². The van der Waals surface area contributed by atoms with E-state index in [1.165, 1.54) is 7.11 Å². The maximum absolute atomic E-state index is 14.0. The highest BCUT2D eigenvalue weighted by Crippen LogP contribution is 2.18. The van der Waals surface area contributed by atoms with Crippen molar-refractivity contribution in [3.63, 3.8) is 0 Å². The van der Waals surface area contributed by atoms with Gasteiger partial charge >= 0.3 is 11.7 Å². The molecule has 0 saturated carbocycles. The van der Waals surface area contributed by atoms with Crippen molar-refractivity contribution >= 4 is 5.97 Å². The molecule has 0 aliphatic carbocycles. The Morgan fingerprint density at radius 2 is 2.20 bits per heavy atom. The van der Waals surface area contributed by atoms with Gasteiger partial charge < -0.3 is 4.74 Å². The highest BCUT2D eigenvalue weighted by molar-refractivity contribution is 5.71. The van der Waals surface area contributed by atoms with Gasteiger partial charge in [-0.2, -0.15) is 0 Å². The molecule has 1 aromatic rings. The SMILES string of the molecule is COC(=O)C(C)CCC(C)=C(F)Cn1c(C)noc1=O. The molecule has 1 atom stereocenters. The number of aryl methyl sites for hydroxylation is 1. The summed E-state index contributed by atoms with van der Waals surface area (Å²) < 4.78 is 24.1. The zero-order chi connectivity index (χ0) is 15.3. The van der Waals surface area contributed by atoms with Gasteiger partial charge in [-0.1, -0.05) is 12.1 Å². The first-order valence-electron chi connectivity index (χ1n) is 6.31. The average molecular weight is 286 g/mol. The first-order chi connectivity index (χ1) is 9.36. The molecule has 1 heterocycles. The first-order valence-corrected chi connectivity index (χ1v) is 6.31. The maximum atomic E-state index is 14.0. The molecule has 0 aliphatic heterocycles. The van der Waals surface area contributed by atoms with Crippen LogP contribution in [0.1, 0.15) is 32.5 Å². The second-order valence-electron chi connectivity index (χ2n) is 4.73. The summed E-state index contributed by atoms with van der Waals surface area (Å²) in [4.78, 5) is 22.5. The molecule has 1 rings (SSSR count). The Morgan fingerprint density at radius 1 is 1.55 bits per heavy atom. The topological polar surface area (TPSA) is 74.3 Å². The number of hydrogen-bond acceptors (Lipinski definition) is 5. The van der Waals surface area contributed by atoms with E-state index in [1.807, 2.05) is 0 Å². The van der Waals surface area contributed by atoms with E-state index in [0.717, 1.165) is 4.57 Å². The minimum Gasteiger partial charge on any atom is -0.469 e. The van der Waals surface area contributed by atoms with Crippen molar-refractivity contribution in [1.82, 2.24) is 9.72 Å². The second-order valence-corrected chi connectivity index (χ2v) is 4.73. The normalized spacial score (nSPS) is 13.8. The molecule has 20 heavy (non-hydrogen) atoms. The number of rotatable bonds is 6. The third-order valence-electron chi connectivity index (χ3n) is 3.18. The Balaban J connectivity index is 2.66. The molecule has 1 unspecified atom stereocenters. The van der Waals surface area contributed by atoms with E-state index in [-0.39, 0.29) is 18.4 Å². The van der Waals surface area contributed by atoms with E-state index in [4.69, 9.17) is 0 Å². The third kappa shape index (κ3) is 4.04. The lowest BCUT2D eigenvalue weighted by Gasteiger charge is -2.10. The van der Waals surface area contributed by atoms with Crippen LogP contribution < -0.4 is 5.76 Å². The Morgan fingerprint density at radius 3 is 2.70 bits per heavy atom. The van der Waals surface area contributed by atoms with Gasteiger partial charge in [0.15, 0.2) is 5.82 Å². The fourth-order valence-electron chi connectivity index (χ4n) is 1.68. The van der Waals surface area contributed by atoms with Crippen LogP contribution in [-0.2, 0) is 16.1 Å². The van der Waals surface area contributed by atoms with Crippen LogP contribution in [0.3, 0.4) is 0 Å². The van der Waals surface area contributed by atoms with Gasteiger partial charge in [0.25, 0.3) is 0 Å². The summed E-state index contributed by atoms with van der Waals surface area (Å²) in [6.07, 6.45) is 0.907. The smallest absolute Gasteiger partial charge is 0.441 e. The standard InChI is InChI=1S/C13H19FN2O4/c1-8(5-6-9(2)12(17)19-4)11(14)7-16-10(3)15-20-13(16)18/h9H,5-7H2,1-4H3. The van der Waals surface area contributed by atoms with Crippen LogP contribution in [0.4, 0.5) is 4.39 Å². The van der Waals surface area contributed by atoms with E-state index in [0.29, 0.717) is 24.2 Å². The van der Waals surface area contributed by atoms with E-state index in [9.17, 15) is 14.0 Å². The number of aromatic nitrogens is 2. The highest BCUT2D eigenvalue weighted by atomic mass is 19.1. The summed E-state index contributed by atoms with van der Waals surface area (Å²) in [6, 6.07) is 0. The van der Waals surface area contributed by atoms with Gasteiger partial charge in [-0.25, -0.2) is 9.18 Å². The van der Waals surface area contributed by atoms with Gasteiger partial charge in [0.2, 0.25) is 0 Å². The van der Waals surface area contributed by atoms with Gasteiger partial charge in [-0.15, -0.1) is 0 Å². The minimum absolute atomic E-state index is 0.202. The van der Waals surface area contributed by atoms with Crippen LogP contribution in [0.25, 0.3) is 0 Å². The van der Waals surface area contributed by atoms with Crippen molar-refractivity contribution in [2.24, 2.45) is 5.92 Å². The van der Waals surface area contributed by atoms with E-state index >= 15 is 0 Å². The molecular weight excluding hydrogens is 267 g/mol. The van der Waals surface area contributed by atoms with Crippen molar-refractivity contribution in [1.29, 1.82) is 0 Å². The Labute approximate surface area is 116 Å². The summed E-state index contributed by atoms with van der Waals surface area (Å²) in [5.41, 5.74) is 0.494. The number of nitrogens with zero attached hydrogens (tertiary/aromatic N) is 2. The largest absolute Gasteiger partial charge is 0.469 e.